The number of nitrogens with zero attached hydrogens (tertiary/aromatic N) is 2. The van der Waals surface area contributed by atoms with Crippen molar-refractivity contribution >= 4 is 32.4 Å². The Bertz CT molecular complexity index is 1130. The topological polar surface area (TPSA) is 79.4 Å². The molecule has 0 unspecified atom stereocenters. The van der Waals surface area contributed by atoms with Gasteiger partial charge in [-0.05, 0) is 43.0 Å². The fraction of sp³-hybridized carbons (Fsp3) is 0.273. The molecule has 1 aliphatic heterocycles. The zero-order chi connectivity index (χ0) is 21.1. The highest BCUT2D eigenvalue weighted by atomic mass is 32.2. The first-order chi connectivity index (χ1) is 14.4. The lowest BCUT2D eigenvalue weighted by atomic mass is 10.0. The number of thiazole rings is 1. The fourth-order valence-corrected chi connectivity index (χ4v) is 5.85. The van der Waals surface area contributed by atoms with Crippen LogP contribution in [-0.4, -0.2) is 36.7 Å². The van der Waals surface area contributed by atoms with Crippen LogP contribution in [0.4, 0.5) is 5.13 Å². The first-order valence-electron chi connectivity index (χ1n) is 9.86. The number of hydrogen-bond donors (Lipinski definition) is 1. The van der Waals surface area contributed by atoms with Crippen molar-refractivity contribution in [2.75, 3.05) is 18.4 Å². The van der Waals surface area contributed by atoms with Crippen molar-refractivity contribution < 1.29 is 13.2 Å². The standard InChI is InChI=1S/C22H23N3O3S2/c1-16-6-5-13-25(14-16)30(27,28)19-11-9-18(10-12-19)21(26)24-22-23-20(15-29-22)17-7-3-2-4-8-17/h2-4,7-12,15-16H,5-6,13-14H2,1H3,(H,23,24,26)/t16-/m0/s1. The number of nitrogens with one attached hydrogen (secondary N) is 1. The third-order valence-electron chi connectivity index (χ3n) is 5.17. The lowest BCUT2D eigenvalue weighted by Crippen LogP contribution is -2.39. The summed E-state index contributed by atoms with van der Waals surface area (Å²) < 4.78 is 27.3. The van der Waals surface area contributed by atoms with Crippen LogP contribution < -0.4 is 5.32 Å². The Labute approximate surface area is 180 Å². The average molecular weight is 442 g/mol. The molecule has 0 aliphatic carbocycles. The second kappa shape index (κ2) is 8.67. The van der Waals surface area contributed by atoms with Gasteiger partial charge in [0.1, 0.15) is 0 Å². The highest BCUT2D eigenvalue weighted by molar-refractivity contribution is 7.89. The largest absolute Gasteiger partial charge is 0.298 e. The number of amides is 1. The van der Waals surface area contributed by atoms with Gasteiger partial charge >= 0.3 is 0 Å². The summed E-state index contributed by atoms with van der Waals surface area (Å²) in [5, 5.41) is 5.17. The van der Waals surface area contributed by atoms with Crippen molar-refractivity contribution in [3.8, 4) is 11.3 Å². The zero-order valence-corrected chi connectivity index (χ0v) is 18.2. The molecule has 3 aromatic rings. The number of sulfonamides is 1. The molecule has 0 spiro atoms. The molecule has 1 atom stereocenters. The molecule has 2 heterocycles. The Kier molecular flexibility index (Phi) is 5.99. The van der Waals surface area contributed by atoms with E-state index in [1.807, 2.05) is 35.7 Å². The van der Waals surface area contributed by atoms with Crippen LogP contribution in [0.2, 0.25) is 0 Å². The number of anilines is 1. The van der Waals surface area contributed by atoms with Crippen LogP contribution in [0.15, 0.2) is 64.9 Å². The van der Waals surface area contributed by atoms with Gasteiger partial charge in [-0.15, -0.1) is 11.3 Å². The van der Waals surface area contributed by atoms with Crippen molar-refractivity contribution in [1.82, 2.24) is 9.29 Å². The van der Waals surface area contributed by atoms with E-state index in [0.717, 1.165) is 24.1 Å². The van der Waals surface area contributed by atoms with Gasteiger partial charge in [0.05, 0.1) is 10.6 Å². The quantitative estimate of drug-likeness (QED) is 0.633. The van der Waals surface area contributed by atoms with Gasteiger partial charge in [0, 0.05) is 29.6 Å². The maximum atomic E-state index is 12.9. The molecule has 1 aliphatic rings. The second-order valence-corrected chi connectivity index (χ2v) is 10.3. The Morgan fingerprint density at radius 1 is 1.13 bits per heavy atom. The molecule has 4 rings (SSSR count). The summed E-state index contributed by atoms with van der Waals surface area (Å²) in [5.74, 6) is 0.0390. The molecule has 0 radical (unpaired) electrons. The normalized spacial score (nSPS) is 17.6. The number of piperidine rings is 1. The average Bonchev–Trinajstić information content (AvgIpc) is 3.23. The van der Waals surface area contributed by atoms with Gasteiger partial charge in [-0.2, -0.15) is 4.31 Å². The lowest BCUT2D eigenvalue weighted by molar-refractivity contribution is 0.102. The van der Waals surface area contributed by atoms with Crippen LogP contribution in [0.25, 0.3) is 11.3 Å². The minimum atomic E-state index is -3.53. The third-order valence-corrected chi connectivity index (χ3v) is 7.81. The van der Waals surface area contributed by atoms with Crippen molar-refractivity contribution in [2.45, 2.75) is 24.7 Å². The molecule has 0 saturated carbocycles. The maximum absolute atomic E-state index is 12.9. The van der Waals surface area contributed by atoms with Crippen molar-refractivity contribution in [2.24, 2.45) is 5.92 Å². The van der Waals surface area contributed by atoms with Crippen molar-refractivity contribution in [3.63, 3.8) is 0 Å². The second-order valence-electron chi connectivity index (χ2n) is 7.49. The van der Waals surface area contributed by atoms with Gasteiger partial charge in [0.25, 0.3) is 5.91 Å². The van der Waals surface area contributed by atoms with Gasteiger partial charge in [0.15, 0.2) is 5.13 Å². The molecule has 0 bridgehead atoms. The Morgan fingerprint density at radius 2 is 1.87 bits per heavy atom. The van der Waals surface area contributed by atoms with E-state index in [9.17, 15) is 13.2 Å². The van der Waals surface area contributed by atoms with Crippen LogP contribution in [0.1, 0.15) is 30.1 Å². The lowest BCUT2D eigenvalue weighted by Gasteiger charge is -2.30. The van der Waals surface area contributed by atoms with E-state index >= 15 is 0 Å². The van der Waals surface area contributed by atoms with E-state index < -0.39 is 10.0 Å². The smallest absolute Gasteiger partial charge is 0.257 e. The summed E-state index contributed by atoms with van der Waals surface area (Å²) >= 11 is 1.35. The number of benzene rings is 2. The molecule has 1 N–H and O–H groups in total. The van der Waals surface area contributed by atoms with Gasteiger partial charge in [-0.25, -0.2) is 13.4 Å². The van der Waals surface area contributed by atoms with Crippen LogP contribution in [0, 0.1) is 5.92 Å². The summed E-state index contributed by atoms with van der Waals surface area (Å²) in [6.45, 7) is 3.15. The zero-order valence-electron chi connectivity index (χ0n) is 16.6. The first kappa shape index (κ1) is 20.7. The van der Waals surface area contributed by atoms with Gasteiger partial charge in [-0.1, -0.05) is 37.3 Å². The Balaban J connectivity index is 1.45. The monoisotopic (exact) mass is 441 g/mol. The van der Waals surface area contributed by atoms with Crippen LogP contribution in [0.3, 0.4) is 0 Å². The van der Waals surface area contributed by atoms with E-state index in [-0.39, 0.29) is 10.8 Å². The number of carbonyl (C=O) groups is 1. The Morgan fingerprint density at radius 3 is 2.57 bits per heavy atom. The molecular weight excluding hydrogens is 418 g/mol. The number of rotatable bonds is 5. The van der Waals surface area contributed by atoms with Crippen molar-refractivity contribution in [3.05, 3.63) is 65.5 Å². The highest BCUT2D eigenvalue weighted by Gasteiger charge is 2.28. The minimum Gasteiger partial charge on any atom is -0.298 e. The summed E-state index contributed by atoms with van der Waals surface area (Å²) in [7, 11) is -3.53. The number of carbonyl (C=O) groups excluding carboxylic acids is 1. The molecular formula is C22H23N3O3S2. The summed E-state index contributed by atoms with van der Waals surface area (Å²) in [5.41, 5.74) is 2.17. The molecule has 156 valence electrons. The minimum absolute atomic E-state index is 0.216. The van der Waals surface area contributed by atoms with Crippen LogP contribution in [0.5, 0.6) is 0 Å². The molecule has 1 amide bonds. The molecule has 1 aromatic heterocycles. The van der Waals surface area contributed by atoms with Gasteiger partial charge in [0.2, 0.25) is 10.0 Å². The Hall–Kier alpha value is -2.55. The molecule has 8 heteroatoms. The summed E-state index contributed by atoms with van der Waals surface area (Å²) in [4.78, 5) is 17.2. The number of hydrogen-bond acceptors (Lipinski definition) is 5. The van der Waals surface area contributed by atoms with E-state index in [1.165, 1.54) is 27.8 Å². The predicted octanol–water partition coefficient (Wildman–Crippen LogP) is 4.48. The molecule has 1 fully saturated rings. The SMILES string of the molecule is C[C@H]1CCCN(S(=O)(=O)c2ccc(C(=O)Nc3nc(-c4ccccc4)cs3)cc2)C1. The maximum Gasteiger partial charge on any atom is 0.257 e. The fourth-order valence-electron chi connectivity index (χ4n) is 3.53. The van der Waals surface area contributed by atoms with E-state index in [0.29, 0.717) is 29.7 Å². The predicted molar refractivity (Wildman–Crippen MR) is 119 cm³/mol. The van der Waals surface area contributed by atoms with E-state index in [2.05, 4.69) is 17.2 Å². The van der Waals surface area contributed by atoms with Gasteiger partial charge in [-0.3, -0.25) is 10.1 Å². The molecule has 2 aromatic carbocycles. The molecule has 6 nitrogen and oxygen atoms in total. The van der Waals surface area contributed by atoms with E-state index in [1.54, 1.807) is 12.1 Å². The first-order valence-corrected chi connectivity index (χ1v) is 12.2. The van der Waals surface area contributed by atoms with Gasteiger partial charge < -0.3 is 0 Å². The highest BCUT2D eigenvalue weighted by Crippen LogP contribution is 2.26. The third kappa shape index (κ3) is 4.45. The van der Waals surface area contributed by atoms with E-state index in [4.69, 9.17) is 0 Å². The molecule has 1 saturated heterocycles. The van der Waals surface area contributed by atoms with Crippen LogP contribution >= 0.6 is 11.3 Å². The molecule has 30 heavy (non-hydrogen) atoms. The number of aromatic nitrogens is 1. The van der Waals surface area contributed by atoms with Crippen molar-refractivity contribution in [1.29, 1.82) is 0 Å². The van der Waals surface area contributed by atoms with Crippen LogP contribution in [-0.2, 0) is 10.0 Å². The summed E-state index contributed by atoms with van der Waals surface area (Å²) in [6, 6.07) is 15.8. The summed E-state index contributed by atoms with van der Waals surface area (Å²) in [6.07, 6.45) is 1.92.